The van der Waals surface area contributed by atoms with Gasteiger partial charge in [0.05, 0.1) is 9.79 Å². The molecule has 0 aliphatic heterocycles. The Kier molecular flexibility index (Phi) is 10.4. The second-order valence-electron chi connectivity index (χ2n) is 8.86. The van der Waals surface area contributed by atoms with E-state index in [-0.39, 0.29) is 15.8 Å². The van der Waals surface area contributed by atoms with Crippen LogP contribution < -0.4 is 21.3 Å². The minimum absolute atomic E-state index is 0.143. The molecule has 2 aromatic rings. The zero-order chi connectivity index (χ0) is 28.1. The first-order chi connectivity index (χ1) is 17.0. The molecule has 2 rings (SSSR count). The first-order valence-corrected chi connectivity index (χ1v) is 14.9. The van der Waals surface area contributed by atoms with Gasteiger partial charge in [0.2, 0.25) is 20.0 Å². The maximum atomic E-state index is 12.4. The van der Waals surface area contributed by atoms with Gasteiger partial charge in [0.1, 0.15) is 0 Å². The van der Waals surface area contributed by atoms with E-state index in [9.17, 15) is 16.8 Å². The van der Waals surface area contributed by atoms with E-state index in [1.54, 1.807) is 36.4 Å². The third-order valence-electron chi connectivity index (χ3n) is 5.42. The van der Waals surface area contributed by atoms with Crippen molar-refractivity contribution in [2.45, 2.75) is 36.6 Å². The van der Waals surface area contributed by atoms with Crippen LogP contribution in [0.25, 0.3) is 0 Å². The summed E-state index contributed by atoms with van der Waals surface area (Å²) in [6.45, 7) is 6.02. The molecule has 0 unspecified atom stereocenters. The van der Waals surface area contributed by atoms with Crippen LogP contribution in [0.2, 0.25) is 0 Å². The first kappa shape index (κ1) is 30.9. The van der Waals surface area contributed by atoms with Crippen molar-refractivity contribution in [2.75, 3.05) is 45.4 Å². The molecule has 0 saturated heterocycles. The zero-order valence-corrected chi connectivity index (χ0v) is 25.2. The van der Waals surface area contributed by atoms with Crippen LogP contribution in [0.3, 0.4) is 0 Å². The van der Waals surface area contributed by atoms with Gasteiger partial charge in [0.25, 0.3) is 0 Å². The molecule has 10 nitrogen and oxygen atoms in total. The molecule has 0 aromatic heterocycles. The molecule has 2 aromatic carbocycles. The summed E-state index contributed by atoms with van der Waals surface area (Å²) in [5, 5.41) is 13.0. The van der Waals surface area contributed by atoms with E-state index in [4.69, 9.17) is 24.4 Å². The third-order valence-corrected chi connectivity index (χ3v) is 9.51. The van der Waals surface area contributed by atoms with Crippen LogP contribution in [-0.4, -0.2) is 76.4 Å². The summed E-state index contributed by atoms with van der Waals surface area (Å²) in [7, 11) is -1.23. The number of benzene rings is 2. The van der Waals surface area contributed by atoms with Gasteiger partial charge in [0.15, 0.2) is 10.2 Å². The Balaban J connectivity index is 1.97. The molecule has 0 heterocycles. The van der Waals surface area contributed by atoms with Crippen molar-refractivity contribution >= 4 is 66.1 Å². The van der Waals surface area contributed by atoms with Crippen LogP contribution in [0.1, 0.15) is 18.1 Å². The van der Waals surface area contributed by atoms with Gasteiger partial charge in [-0.05, 0) is 80.6 Å². The van der Waals surface area contributed by atoms with Crippen molar-refractivity contribution in [1.29, 1.82) is 0 Å². The highest BCUT2D eigenvalue weighted by molar-refractivity contribution is 7.89. The van der Waals surface area contributed by atoms with Crippen molar-refractivity contribution in [3.8, 4) is 0 Å². The molecule has 0 amide bonds. The van der Waals surface area contributed by atoms with Crippen molar-refractivity contribution < 1.29 is 16.8 Å². The molecular formula is C23H34N6O4S4. The maximum Gasteiger partial charge on any atom is 0.242 e. The number of anilines is 2. The standard InChI is InChI=1S/C23H34N6O4S4/c1-15-8-10-18(36(30,31)28(4)5)12-20(15)26-22(34)24-14-17(3)25-23(35)27-21-13-19(11-9-16(21)2)37(32,33)29(6)7/h8-13,17H,14H2,1-7H3,(H2,24,26,34)(H2,25,27,35)/t17-/m0/s1. The van der Waals surface area contributed by atoms with Crippen LogP contribution in [0.15, 0.2) is 46.2 Å². The quantitative estimate of drug-likeness (QED) is 0.326. The van der Waals surface area contributed by atoms with E-state index in [0.29, 0.717) is 28.1 Å². The van der Waals surface area contributed by atoms with Crippen LogP contribution in [0.4, 0.5) is 11.4 Å². The van der Waals surface area contributed by atoms with Gasteiger partial charge in [0, 0.05) is 52.2 Å². The fourth-order valence-electron chi connectivity index (χ4n) is 3.06. The highest BCUT2D eigenvalue weighted by atomic mass is 32.2. The predicted octanol–water partition coefficient (Wildman–Crippen LogP) is 2.47. The molecular weight excluding hydrogens is 553 g/mol. The molecule has 37 heavy (non-hydrogen) atoms. The summed E-state index contributed by atoms with van der Waals surface area (Å²) >= 11 is 10.8. The number of hydrogen-bond donors (Lipinski definition) is 4. The second kappa shape index (κ2) is 12.5. The third kappa shape index (κ3) is 8.06. The number of nitrogens with one attached hydrogen (secondary N) is 4. The minimum atomic E-state index is -3.57. The Morgan fingerprint density at radius 3 is 1.59 bits per heavy atom. The number of sulfonamides is 2. The predicted molar refractivity (Wildman–Crippen MR) is 157 cm³/mol. The Morgan fingerprint density at radius 2 is 1.19 bits per heavy atom. The van der Waals surface area contributed by atoms with E-state index in [0.717, 1.165) is 19.7 Å². The lowest BCUT2D eigenvalue weighted by Crippen LogP contribution is -2.44. The van der Waals surface area contributed by atoms with Gasteiger partial charge < -0.3 is 21.3 Å². The average molecular weight is 587 g/mol. The Labute approximate surface area is 230 Å². The molecule has 14 heteroatoms. The number of aryl methyl sites for hydroxylation is 2. The number of rotatable bonds is 9. The fourth-order valence-corrected chi connectivity index (χ4v) is 5.42. The van der Waals surface area contributed by atoms with Crippen molar-refractivity contribution in [2.24, 2.45) is 0 Å². The monoisotopic (exact) mass is 586 g/mol. The van der Waals surface area contributed by atoms with Gasteiger partial charge in [-0.15, -0.1) is 0 Å². The molecule has 204 valence electrons. The van der Waals surface area contributed by atoms with Crippen molar-refractivity contribution in [1.82, 2.24) is 19.2 Å². The Bertz CT molecular complexity index is 1380. The van der Waals surface area contributed by atoms with E-state index in [1.807, 2.05) is 20.8 Å². The van der Waals surface area contributed by atoms with Gasteiger partial charge in [-0.2, -0.15) is 0 Å². The van der Waals surface area contributed by atoms with E-state index in [1.165, 1.54) is 28.2 Å². The Hall–Kier alpha value is -2.36. The SMILES string of the molecule is Cc1ccc(S(=O)(=O)N(C)C)cc1NC(=S)NC[C@H](C)NC(=S)Nc1cc(S(=O)(=O)N(C)C)ccc1C. The molecule has 1 atom stereocenters. The zero-order valence-electron chi connectivity index (χ0n) is 21.9. The summed E-state index contributed by atoms with van der Waals surface area (Å²) < 4.78 is 52.1. The van der Waals surface area contributed by atoms with Crippen LogP contribution in [-0.2, 0) is 20.0 Å². The van der Waals surface area contributed by atoms with Gasteiger partial charge in [-0.3, -0.25) is 0 Å². The lowest BCUT2D eigenvalue weighted by atomic mass is 10.2. The maximum absolute atomic E-state index is 12.4. The molecule has 0 fully saturated rings. The summed E-state index contributed by atoms with van der Waals surface area (Å²) in [4.78, 5) is 0.329. The summed E-state index contributed by atoms with van der Waals surface area (Å²) in [6, 6.07) is 9.50. The smallest absolute Gasteiger partial charge is 0.242 e. The highest BCUT2D eigenvalue weighted by Gasteiger charge is 2.20. The van der Waals surface area contributed by atoms with Crippen LogP contribution in [0.5, 0.6) is 0 Å². The molecule has 0 saturated carbocycles. The molecule has 0 aliphatic rings. The van der Waals surface area contributed by atoms with E-state index < -0.39 is 20.0 Å². The molecule has 0 aliphatic carbocycles. The lowest BCUT2D eigenvalue weighted by Gasteiger charge is -2.20. The Morgan fingerprint density at radius 1 is 0.784 bits per heavy atom. The lowest BCUT2D eigenvalue weighted by molar-refractivity contribution is 0.519. The van der Waals surface area contributed by atoms with Crippen molar-refractivity contribution in [3.63, 3.8) is 0 Å². The number of thiocarbonyl (C=S) groups is 2. The first-order valence-electron chi connectivity index (χ1n) is 11.2. The summed E-state index contributed by atoms with van der Waals surface area (Å²) in [6.07, 6.45) is 0. The molecule has 0 radical (unpaired) electrons. The van der Waals surface area contributed by atoms with Gasteiger partial charge in [-0.1, -0.05) is 12.1 Å². The summed E-state index contributed by atoms with van der Waals surface area (Å²) in [5.41, 5.74) is 2.85. The van der Waals surface area contributed by atoms with Crippen molar-refractivity contribution in [3.05, 3.63) is 47.5 Å². The highest BCUT2D eigenvalue weighted by Crippen LogP contribution is 2.23. The van der Waals surface area contributed by atoms with Gasteiger partial charge >= 0.3 is 0 Å². The van der Waals surface area contributed by atoms with E-state index in [2.05, 4.69) is 21.3 Å². The molecule has 4 N–H and O–H groups in total. The fraction of sp³-hybridized carbons (Fsp3) is 0.391. The average Bonchev–Trinajstić information content (AvgIpc) is 2.80. The second-order valence-corrected chi connectivity index (χ2v) is 14.0. The molecule has 0 spiro atoms. The number of hydrogen-bond acceptors (Lipinski definition) is 6. The van der Waals surface area contributed by atoms with Crippen LogP contribution in [0, 0.1) is 13.8 Å². The van der Waals surface area contributed by atoms with Gasteiger partial charge in [-0.25, -0.2) is 25.4 Å². The topological polar surface area (TPSA) is 123 Å². The normalized spacial score (nSPS) is 12.8. The molecule has 0 bridgehead atoms. The number of nitrogens with zero attached hydrogens (tertiary/aromatic N) is 2. The largest absolute Gasteiger partial charge is 0.360 e. The summed E-state index contributed by atoms with van der Waals surface area (Å²) in [5.74, 6) is 0. The van der Waals surface area contributed by atoms with E-state index >= 15 is 0 Å². The minimum Gasteiger partial charge on any atom is -0.360 e. The van der Waals surface area contributed by atoms with Crippen LogP contribution >= 0.6 is 24.4 Å².